The molecule has 0 aliphatic carbocycles. The first kappa shape index (κ1) is 11.3. The van der Waals surface area contributed by atoms with Crippen molar-refractivity contribution in [2.75, 3.05) is 6.54 Å². The first-order valence-corrected chi connectivity index (χ1v) is 6.70. The molecule has 1 aromatic carbocycles. The Morgan fingerprint density at radius 3 is 2.83 bits per heavy atom. The van der Waals surface area contributed by atoms with Crippen molar-refractivity contribution in [3.05, 3.63) is 48.2 Å². The monoisotopic (exact) mass is 255 g/mol. The van der Waals surface area contributed by atoms with Crippen LogP contribution >= 0.6 is 11.3 Å². The SMILES string of the molecule is NCCc1ccccc1-c1nc2cccnc2s1. The van der Waals surface area contributed by atoms with E-state index in [9.17, 15) is 0 Å². The summed E-state index contributed by atoms with van der Waals surface area (Å²) in [7, 11) is 0. The minimum absolute atomic E-state index is 0.653. The first-order chi connectivity index (χ1) is 8.88. The van der Waals surface area contributed by atoms with E-state index in [0.717, 1.165) is 21.8 Å². The van der Waals surface area contributed by atoms with Crippen molar-refractivity contribution >= 4 is 21.7 Å². The third-order valence-corrected chi connectivity index (χ3v) is 3.84. The fraction of sp³-hybridized carbons (Fsp3) is 0.143. The molecule has 3 rings (SSSR count). The van der Waals surface area contributed by atoms with E-state index in [1.165, 1.54) is 11.1 Å². The summed E-state index contributed by atoms with van der Waals surface area (Å²) in [6.45, 7) is 0.653. The summed E-state index contributed by atoms with van der Waals surface area (Å²) in [5.41, 5.74) is 9.03. The van der Waals surface area contributed by atoms with Crippen LogP contribution in [0.1, 0.15) is 5.56 Å². The quantitative estimate of drug-likeness (QED) is 0.783. The maximum Gasteiger partial charge on any atom is 0.143 e. The van der Waals surface area contributed by atoms with Gasteiger partial charge < -0.3 is 5.73 Å². The van der Waals surface area contributed by atoms with Crippen LogP contribution in [0.2, 0.25) is 0 Å². The highest BCUT2D eigenvalue weighted by Crippen LogP contribution is 2.30. The number of thiazole rings is 1. The second kappa shape index (κ2) is 4.84. The van der Waals surface area contributed by atoms with Gasteiger partial charge in [0.2, 0.25) is 0 Å². The predicted octanol–water partition coefficient (Wildman–Crippen LogP) is 2.86. The van der Waals surface area contributed by atoms with Gasteiger partial charge in [-0.3, -0.25) is 0 Å². The Hall–Kier alpha value is -1.78. The molecule has 4 heteroatoms. The number of nitrogens with two attached hydrogens (primary N) is 1. The van der Waals surface area contributed by atoms with Gasteiger partial charge in [0.05, 0.1) is 0 Å². The molecular formula is C14H13N3S. The molecule has 18 heavy (non-hydrogen) atoms. The molecule has 0 amide bonds. The van der Waals surface area contributed by atoms with Gasteiger partial charge >= 0.3 is 0 Å². The molecule has 0 spiro atoms. The number of pyridine rings is 1. The molecule has 0 atom stereocenters. The van der Waals surface area contributed by atoms with E-state index in [-0.39, 0.29) is 0 Å². The number of nitrogens with zero attached hydrogens (tertiary/aromatic N) is 2. The largest absolute Gasteiger partial charge is 0.330 e. The second-order valence-corrected chi connectivity index (χ2v) is 5.02. The summed E-state index contributed by atoms with van der Waals surface area (Å²) in [4.78, 5) is 9.96. The van der Waals surface area contributed by atoms with Crippen LogP contribution in [0.15, 0.2) is 42.6 Å². The minimum atomic E-state index is 0.653. The molecule has 3 aromatic rings. The van der Waals surface area contributed by atoms with Gasteiger partial charge in [-0.1, -0.05) is 35.6 Å². The molecule has 2 N–H and O–H groups in total. The number of fused-ring (bicyclic) bond motifs is 1. The summed E-state index contributed by atoms with van der Waals surface area (Å²) < 4.78 is 0. The van der Waals surface area contributed by atoms with Crippen LogP contribution in [0.3, 0.4) is 0 Å². The van der Waals surface area contributed by atoms with Gasteiger partial charge in [-0.2, -0.15) is 0 Å². The van der Waals surface area contributed by atoms with Crippen molar-refractivity contribution in [1.82, 2.24) is 9.97 Å². The standard InChI is InChI=1S/C14H13N3S/c15-8-7-10-4-1-2-5-11(10)13-17-12-6-3-9-16-14(12)18-13/h1-6,9H,7-8,15H2. The summed E-state index contributed by atoms with van der Waals surface area (Å²) in [6.07, 6.45) is 2.68. The number of hydrogen-bond acceptors (Lipinski definition) is 4. The molecule has 3 nitrogen and oxygen atoms in total. The lowest BCUT2D eigenvalue weighted by Gasteiger charge is -2.04. The predicted molar refractivity (Wildman–Crippen MR) is 75.6 cm³/mol. The van der Waals surface area contributed by atoms with E-state index < -0.39 is 0 Å². The van der Waals surface area contributed by atoms with Crippen molar-refractivity contribution in [2.45, 2.75) is 6.42 Å². The van der Waals surface area contributed by atoms with Gasteiger partial charge in [-0.05, 0) is 30.7 Å². The normalized spacial score (nSPS) is 10.9. The van der Waals surface area contributed by atoms with Crippen LogP contribution < -0.4 is 5.73 Å². The van der Waals surface area contributed by atoms with Crippen molar-refractivity contribution in [1.29, 1.82) is 0 Å². The summed E-state index contributed by atoms with van der Waals surface area (Å²) >= 11 is 1.63. The molecule has 0 aliphatic rings. The van der Waals surface area contributed by atoms with E-state index >= 15 is 0 Å². The van der Waals surface area contributed by atoms with Crippen LogP contribution in [0.25, 0.3) is 20.9 Å². The van der Waals surface area contributed by atoms with E-state index in [0.29, 0.717) is 6.54 Å². The topological polar surface area (TPSA) is 51.8 Å². The smallest absolute Gasteiger partial charge is 0.143 e. The first-order valence-electron chi connectivity index (χ1n) is 5.88. The zero-order valence-corrected chi connectivity index (χ0v) is 10.7. The maximum atomic E-state index is 5.65. The lowest BCUT2D eigenvalue weighted by atomic mass is 10.1. The number of rotatable bonds is 3. The van der Waals surface area contributed by atoms with Crippen molar-refractivity contribution in [2.24, 2.45) is 5.73 Å². The molecule has 0 aliphatic heterocycles. The van der Waals surface area contributed by atoms with Gasteiger partial charge in [0.25, 0.3) is 0 Å². The Labute approximate surface area is 109 Å². The fourth-order valence-corrected chi connectivity index (χ4v) is 2.96. The maximum absolute atomic E-state index is 5.65. The third-order valence-electron chi connectivity index (χ3n) is 2.83. The number of aromatic nitrogens is 2. The van der Waals surface area contributed by atoms with Gasteiger partial charge in [0, 0.05) is 11.8 Å². The van der Waals surface area contributed by atoms with Gasteiger partial charge in [-0.15, -0.1) is 0 Å². The summed E-state index contributed by atoms with van der Waals surface area (Å²) in [5, 5.41) is 1.02. The van der Waals surface area contributed by atoms with Crippen LogP contribution in [0.5, 0.6) is 0 Å². The zero-order valence-electron chi connectivity index (χ0n) is 9.84. The van der Waals surface area contributed by atoms with E-state index in [1.807, 2.05) is 24.3 Å². The van der Waals surface area contributed by atoms with Crippen LogP contribution in [0.4, 0.5) is 0 Å². The highest BCUT2D eigenvalue weighted by atomic mass is 32.1. The molecule has 0 bridgehead atoms. The molecule has 0 radical (unpaired) electrons. The van der Waals surface area contributed by atoms with Crippen molar-refractivity contribution in [3.8, 4) is 10.6 Å². The lowest BCUT2D eigenvalue weighted by Crippen LogP contribution is -2.03. The molecule has 90 valence electrons. The van der Waals surface area contributed by atoms with Crippen LogP contribution in [0, 0.1) is 0 Å². The Kier molecular flexibility index (Phi) is 3.04. The molecule has 2 heterocycles. The third kappa shape index (κ3) is 2.00. The van der Waals surface area contributed by atoms with Crippen LogP contribution in [-0.2, 0) is 6.42 Å². The van der Waals surface area contributed by atoms with Gasteiger partial charge in [0.15, 0.2) is 0 Å². The molecule has 0 saturated heterocycles. The molecule has 0 saturated carbocycles. The van der Waals surface area contributed by atoms with Crippen LogP contribution in [-0.4, -0.2) is 16.5 Å². The Bertz CT molecular complexity index is 642. The summed E-state index contributed by atoms with van der Waals surface area (Å²) in [6, 6.07) is 12.2. The van der Waals surface area contributed by atoms with Crippen molar-refractivity contribution in [3.63, 3.8) is 0 Å². The molecular weight excluding hydrogens is 242 g/mol. The molecule has 0 fully saturated rings. The van der Waals surface area contributed by atoms with Gasteiger partial charge in [-0.25, -0.2) is 9.97 Å². The van der Waals surface area contributed by atoms with Gasteiger partial charge in [0.1, 0.15) is 15.4 Å². The van der Waals surface area contributed by atoms with E-state index in [2.05, 4.69) is 22.1 Å². The minimum Gasteiger partial charge on any atom is -0.330 e. The Morgan fingerprint density at radius 1 is 1.11 bits per heavy atom. The average Bonchev–Trinajstić information content (AvgIpc) is 2.83. The fourth-order valence-electron chi connectivity index (χ4n) is 1.99. The number of benzene rings is 1. The van der Waals surface area contributed by atoms with E-state index in [1.54, 1.807) is 17.5 Å². The highest BCUT2D eigenvalue weighted by molar-refractivity contribution is 7.21. The Morgan fingerprint density at radius 2 is 2.00 bits per heavy atom. The number of hydrogen-bond donors (Lipinski definition) is 1. The molecule has 2 aromatic heterocycles. The summed E-state index contributed by atoms with van der Waals surface area (Å²) in [5.74, 6) is 0. The lowest BCUT2D eigenvalue weighted by molar-refractivity contribution is 0.970. The molecule has 0 unspecified atom stereocenters. The van der Waals surface area contributed by atoms with Crippen molar-refractivity contribution < 1.29 is 0 Å². The zero-order chi connectivity index (χ0) is 12.4. The van der Waals surface area contributed by atoms with E-state index in [4.69, 9.17) is 5.73 Å². The second-order valence-electron chi connectivity index (χ2n) is 4.04. The highest BCUT2D eigenvalue weighted by Gasteiger charge is 2.09. The Balaban J connectivity index is 2.13. The average molecular weight is 255 g/mol.